The van der Waals surface area contributed by atoms with Gasteiger partial charge in [0.05, 0.1) is 13.2 Å². The fourth-order valence-electron chi connectivity index (χ4n) is 2.37. The number of aliphatic hydroxyl groups is 1. The van der Waals surface area contributed by atoms with E-state index >= 15 is 0 Å². The van der Waals surface area contributed by atoms with Crippen molar-refractivity contribution in [1.29, 1.82) is 0 Å². The molecule has 0 heterocycles. The van der Waals surface area contributed by atoms with Crippen LogP contribution in [0.3, 0.4) is 0 Å². The van der Waals surface area contributed by atoms with Crippen LogP contribution in [0.25, 0.3) is 0 Å². The zero-order valence-electron chi connectivity index (χ0n) is 14.0. The van der Waals surface area contributed by atoms with Crippen LogP contribution in [0.5, 0.6) is 5.75 Å². The van der Waals surface area contributed by atoms with E-state index in [9.17, 15) is 5.11 Å². The second kappa shape index (κ2) is 9.03. The molecular weight excluding hydrogens is 264 g/mol. The number of hydrogen-bond acceptors (Lipinski definition) is 4. The van der Waals surface area contributed by atoms with Crippen LogP contribution in [0.4, 0.5) is 0 Å². The molecule has 120 valence electrons. The van der Waals surface area contributed by atoms with Gasteiger partial charge in [0, 0.05) is 19.1 Å². The van der Waals surface area contributed by atoms with Crippen molar-refractivity contribution in [1.82, 2.24) is 10.2 Å². The lowest BCUT2D eigenvalue weighted by Gasteiger charge is -2.26. The van der Waals surface area contributed by atoms with Gasteiger partial charge in [0.1, 0.15) is 5.75 Å². The molecule has 0 bridgehead atoms. The molecule has 0 aliphatic carbocycles. The highest BCUT2D eigenvalue weighted by molar-refractivity contribution is 5.29. The Morgan fingerprint density at radius 2 is 1.86 bits per heavy atom. The molecule has 0 unspecified atom stereocenters. The molecule has 21 heavy (non-hydrogen) atoms. The standard InChI is InChI=1S/C17H30N2O2/c1-6-19(4)12-15(20)11-18-17(13(2)3)14-7-9-16(21-5)10-8-14/h7-10,13,15,17-18,20H,6,11-12H2,1-5H3/t15-,17-/m0/s1. The summed E-state index contributed by atoms with van der Waals surface area (Å²) < 4.78 is 5.20. The normalized spacial score (nSPS) is 14.5. The highest BCUT2D eigenvalue weighted by Gasteiger charge is 2.17. The Bertz CT molecular complexity index is 392. The second-order valence-corrected chi connectivity index (χ2v) is 5.91. The average Bonchev–Trinajstić information content (AvgIpc) is 2.47. The number of nitrogens with zero attached hydrogens (tertiary/aromatic N) is 1. The lowest BCUT2D eigenvalue weighted by Crippen LogP contribution is -2.39. The van der Waals surface area contributed by atoms with Gasteiger partial charge < -0.3 is 20.1 Å². The van der Waals surface area contributed by atoms with E-state index in [-0.39, 0.29) is 12.1 Å². The molecule has 1 aromatic rings. The van der Waals surface area contributed by atoms with Crippen molar-refractivity contribution in [2.75, 3.05) is 33.8 Å². The molecule has 4 heteroatoms. The van der Waals surface area contributed by atoms with Crippen LogP contribution in [-0.2, 0) is 0 Å². The van der Waals surface area contributed by atoms with Crippen molar-refractivity contribution in [3.8, 4) is 5.75 Å². The fraction of sp³-hybridized carbons (Fsp3) is 0.647. The number of rotatable bonds is 9. The van der Waals surface area contributed by atoms with Crippen LogP contribution in [-0.4, -0.2) is 49.9 Å². The van der Waals surface area contributed by atoms with E-state index in [4.69, 9.17) is 4.74 Å². The minimum atomic E-state index is -0.352. The highest BCUT2D eigenvalue weighted by Crippen LogP contribution is 2.23. The number of benzene rings is 1. The first-order valence-electron chi connectivity index (χ1n) is 7.71. The van der Waals surface area contributed by atoms with E-state index in [0.29, 0.717) is 19.0 Å². The van der Waals surface area contributed by atoms with Gasteiger partial charge in [-0.15, -0.1) is 0 Å². The molecule has 0 fully saturated rings. The lowest BCUT2D eigenvalue weighted by molar-refractivity contribution is 0.121. The van der Waals surface area contributed by atoms with Crippen molar-refractivity contribution in [2.24, 2.45) is 5.92 Å². The lowest BCUT2D eigenvalue weighted by atomic mass is 9.96. The third kappa shape index (κ3) is 6.04. The smallest absolute Gasteiger partial charge is 0.118 e. The topological polar surface area (TPSA) is 44.7 Å². The average molecular weight is 294 g/mol. The summed E-state index contributed by atoms with van der Waals surface area (Å²) in [5, 5.41) is 13.6. The van der Waals surface area contributed by atoms with Crippen LogP contribution in [0.2, 0.25) is 0 Å². The molecule has 0 aliphatic rings. The first kappa shape index (κ1) is 18.0. The van der Waals surface area contributed by atoms with Crippen LogP contribution in [0.15, 0.2) is 24.3 Å². The summed E-state index contributed by atoms with van der Waals surface area (Å²) in [7, 11) is 3.69. The number of methoxy groups -OCH3 is 1. The van der Waals surface area contributed by atoms with Gasteiger partial charge in [-0.25, -0.2) is 0 Å². The Hall–Kier alpha value is -1.10. The zero-order valence-corrected chi connectivity index (χ0v) is 14.0. The van der Waals surface area contributed by atoms with Crippen molar-refractivity contribution in [3.63, 3.8) is 0 Å². The van der Waals surface area contributed by atoms with E-state index in [2.05, 4.69) is 43.1 Å². The van der Waals surface area contributed by atoms with Gasteiger partial charge >= 0.3 is 0 Å². The molecule has 2 N–H and O–H groups in total. The van der Waals surface area contributed by atoms with E-state index in [1.807, 2.05) is 19.2 Å². The first-order valence-corrected chi connectivity index (χ1v) is 7.71. The number of ether oxygens (including phenoxy) is 1. The SMILES string of the molecule is CCN(C)C[C@@H](O)CN[C@H](c1ccc(OC)cc1)C(C)C. The first-order chi connectivity index (χ1) is 9.97. The molecular formula is C17H30N2O2. The summed E-state index contributed by atoms with van der Waals surface area (Å²) in [4.78, 5) is 2.12. The van der Waals surface area contributed by atoms with E-state index in [0.717, 1.165) is 12.3 Å². The largest absolute Gasteiger partial charge is 0.497 e. The molecule has 0 saturated heterocycles. The van der Waals surface area contributed by atoms with Gasteiger partial charge in [-0.2, -0.15) is 0 Å². The third-order valence-corrected chi connectivity index (χ3v) is 3.78. The van der Waals surface area contributed by atoms with Gasteiger partial charge in [-0.05, 0) is 37.2 Å². The summed E-state index contributed by atoms with van der Waals surface area (Å²) in [6.07, 6.45) is -0.352. The predicted molar refractivity (Wildman–Crippen MR) is 87.8 cm³/mol. The molecule has 0 saturated carbocycles. The third-order valence-electron chi connectivity index (χ3n) is 3.78. The fourth-order valence-corrected chi connectivity index (χ4v) is 2.37. The minimum absolute atomic E-state index is 0.234. The zero-order chi connectivity index (χ0) is 15.8. The summed E-state index contributed by atoms with van der Waals surface area (Å²) in [6, 6.07) is 8.36. The van der Waals surface area contributed by atoms with Crippen molar-refractivity contribution in [2.45, 2.75) is 32.9 Å². The maximum Gasteiger partial charge on any atom is 0.118 e. The predicted octanol–water partition coefficient (Wildman–Crippen LogP) is 2.29. The monoisotopic (exact) mass is 294 g/mol. The number of hydrogen-bond donors (Lipinski definition) is 2. The Balaban J connectivity index is 2.61. The Morgan fingerprint density at radius 1 is 1.24 bits per heavy atom. The molecule has 4 nitrogen and oxygen atoms in total. The quantitative estimate of drug-likeness (QED) is 0.733. The summed E-state index contributed by atoms with van der Waals surface area (Å²) in [5.74, 6) is 1.32. The molecule has 0 aliphatic heterocycles. The molecule has 0 amide bonds. The Morgan fingerprint density at radius 3 is 2.33 bits per heavy atom. The van der Waals surface area contributed by atoms with Crippen LogP contribution in [0, 0.1) is 5.92 Å². The van der Waals surface area contributed by atoms with E-state index in [1.54, 1.807) is 7.11 Å². The molecule has 0 radical (unpaired) electrons. The summed E-state index contributed by atoms with van der Waals surface area (Å²) in [6.45, 7) is 8.70. The highest BCUT2D eigenvalue weighted by atomic mass is 16.5. The van der Waals surface area contributed by atoms with Crippen molar-refractivity contribution >= 4 is 0 Å². The van der Waals surface area contributed by atoms with Gasteiger partial charge in [0.2, 0.25) is 0 Å². The number of aliphatic hydroxyl groups excluding tert-OH is 1. The summed E-state index contributed by atoms with van der Waals surface area (Å²) in [5.41, 5.74) is 1.22. The summed E-state index contributed by atoms with van der Waals surface area (Å²) >= 11 is 0. The minimum Gasteiger partial charge on any atom is -0.497 e. The maximum atomic E-state index is 10.1. The second-order valence-electron chi connectivity index (χ2n) is 5.91. The van der Waals surface area contributed by atoms with E-state index in [1.165, 1.54) is 5.56 Å². The van der Waals surface area contributed by atoms with Gasteiger partial charge in [-0.3, -0.25) is 0 Å². The van der Waals surface area contributed by atoms with Crippen LogP contribution >= 0.6 is 0 Å². The van der Waals surface area contributed by atoms with Gasteiger partial charge in [0.15, 0.2) is 0 Å². The number of likely N-dealkylation sites (N-methyl/N-ethyl adjacent to an activating group) is 1. The van der Waals surface area contributed by atoms with Gasteiger partial charge in [0.25, 0.3) is 0 Å². The van der Waals surface area contributed by atoms with Gasteiger partial charge in [-0.1, -0.05) is 32.9 Å². The molecule has 2 atom stereocenters. The molecule has 0 spiro atoms. The van der Waals surface area contributed by atoms with Crippen LogP contribution in [0.1, 0.15) is 32.4 Å². The molecule has 1 aromatic carbocycles. The molecule has 1 rings (SSSR count). The number of nitrogens with one attached hydrogen (secondary N) is 1. The van der Waals surface area contributed by atoms with E-state index < -0.39 is 0 Å². The van der Waals surface area contributed by atoms with Crippen molar-refractivity contribution < 1.29 is 9.84 Å². The van der Waals surface area contributed by atoms with Crippen molar-refractivity contribution in [3.05, 3.63) is 29.8 Å². The maximum absolute atomic E-state index is 10.1. The van der Waals surface area contributed by atoms with Crippen LogP contribution < -0.4 is 10.1 Å². The Kier molecular flexibility index (Phi) is 7.72. The Labute approximate surface area is 129 Å². The molecule has 0 aromatic heterocycles.